The van der Waals surface area contributed by atoms with E-state index >= 15 is 0 Å². The minimum absolute atomic E-state index is 0.0224. The molecule has 16 heavy (non-hydrogen) atoms. The summed E-state index contributed by atoms with van der Waals surface area (Å²) in [6, 6.07) is 11.3. The van der Waals surface area contributed by atoms with E-state index in [1.54, 1.807) is 12.3 Å². The Hall–Kier alpha value is -2.21. The first kappa shape index (κ1) is 10.3. The first-order valence-electron chi connectivity index (χ1n) is 5.07. The van der Waals surface area contributed by atoms with Crippen molar-refractivity contribution in [1.29, 1.82) is 5.26 Å². The Morgan fingerprint density at radius 3 is 2.94 bits per heavy atom. The minimum atomic E-state index is -0.0224. The zero-order valence-corrected chi connectivity index (χ0v) is 8.68. The lowest BCUT2D eigenvalue weighted by Gasteiger charge is -2.02. The average molecular weight is 210 g/mol. The molecule has 1 aromatic heterocycles. The first-order chi connectivity index (χ1) is 7.83. The summed E-state index contributed by atoms with van der Waals surface area (Å²) >= 11 is 0. The van der Waals surface area contributed by atoms with Crippen molar-refractivity contribution in [2.24, 2.45) is 0 Å². The molecule has 0 bridgehead atoms. The van der Waals surface area contributed by atoms with E-state index in [9.17, 15) is 4.79 Å². The molecule has 2 rings (SSSR count). The van der Waals surface area contributed by atoms with Gasteiger partial charge in [0.15, 0.2) is 5.78 Å². The van der Waals surface area contributed by atoms with Crippen LogP contribution in [0, 0.1) is 11.3 Å². The summed E-state index contributed by atoms with van der Waals surface area (Å²) in [5.41, 5.74) is 1.32. The fraction of sp³-hybridized carbons (Fsp3) is 0.154. The fourth-order valence-electron chi connectivity index (χ4n) is 1.63. The van der Waals surface area contributed by atoms with Crippen LogP contribution in [0.2, 0.25) is 0 Å². The Morgan fingerprint density at radius 1 is 1.31 bits per heavy atom. The molecule has 0 aliphatic heterocycles. The molecule has 0 amide bonds. The van der Waals surface area contributed by atoms with E-state index in [0.29, 0.717) is 11.1 Å². The van der Waals surface area contributed by atoms with Crippen LogP contribution in [-0.4, -0.2) is 10.8 Å². The predicted molar refractivity (Wildman–Crippen MR) is 60.9 cm³/mol. The number of benzene rings is 1. The topological polar surface area (TPSA) is 53.8 Å². The average Bonchev–Trinajstić information content (AvgIpc) is 2.35. The third-order valence-corrected chi connectivity index (χ3v) is 2.40. The van der Waals surface area contributed by atoms with Crippen molar-refractivity contribution in [1.82, 2.24) is 4.98 Å². The van der Waals surface area contributed by atoms with Crippen LogP contribution in [-0.2, 0) is 0 Å². The summed E-state index contributed by atoms with van der Waals surface area (Å²) in [5.74, 6) is -0.0224. The number of rotatable bonds is 3. The molecule has 0 saturated heterocycles. The Balaban J connectivity index is 2.45. The molecule has 3 nitrogen and oxygen atoms in total. The van der Waals surface area contributed by atoms with Crippen LogP contribution in [0.15, 0.2) is 36.5 Å². The Morgan fingerprint density at radius 2 is 2.12 bits per heavy atom. The van der Waals surface area contributed by atoms with Gasteiger partial charge in [0.2, 0.25) is 0 Å². The van der Waals surface area contributed by atoms with Gasteiger partial charge in [-0.15, -0.1) is 0 Å². The first-order valence-corrected chi connectivity index (χ1v) is 5.07. The third-order valence-electron chi connectivity index (χ3n) is 2.40. The van der Waals surface area contributed by atoms with Gasteiger partial charge in [0.25, 0.3) is 0 Å². The number of hydrogen-bond acceptors (Lipinski definition) is 3. The van der Waals surface area contributed by atoms with Gasteiger partial charge in [0.1, 0.15) is 0 Å². The molecule has 0 unspecified atom stereocenters. The summed E-state index contributed by atoms with van der Waals surface area (Å²) in [4.78, 5) is 16.0. The largest absolute Gasteiger partial charge is 0.294 e. The molecule has 2 aromatic rings. The SMILES string of the molecule is N#CCCC(=O)c1cccc2cccnc12. The van der Waals surface area contributed by atoms with Crippen molar-refractivity contribution in [3.8, 4) is 6.07 Å². The number of nitriles is 1. The highest BCUT2D eigenvalue weighted by Crippen LogP contribution is 2.17. The Kier molecular flexibility index (Phi) is 2.93. The van der Waals surface area contributed by atoms with Crippen LogP contribution in [0.3, 0.4) is 0 Å². The number of carbonyl (C=O) groups excluding carboxylic acids is 1. The van der Waals surface area contributed by atoms with Crippen LogP contribution in [0.4, 0.5) is 0 Å². The summed E-state index contributed by atoms with van der Waals surface area (Å²) in [6.07, 6.45) is 2.18. The van der Waals surface area contributed by atoms with E-state index in [4.69, 9.17) is 5.26 Å². The van der Waals surface area contributed by atoms with Crippen molar-refractivity contribution in [2.75, 3.05) is 0 Å². The highest BCUT2D eigenvalue weighted by Gasteiger charge is 2.09. The van der Waals surface area contributed by atoms with Gasteiger partial charge in [0.05, 0.1) is 11.6 Å². The summed E-state index contributed by atoms with van der Waals surface area (Å²) in [7, 11) is 0. The number of para-hydroxylation sites is 1. The van der Waals surface area contributed by atoms with Crippen molar-refractivity contribution < 1.29 is 4.79 Å². The van der Waals surface area contributed by atoms with Crippen molar-refractivity contribution >= 4 is 16.7 Å². The fourth-order valence-corrected chi connectivity index (χ4v) is 1.63. The Labute approximate surface area is 93.3 Å². The molecule has 0 N–H and O–H groups in total. The lowest BCUT2D eigenvalue weighted by molar-refractivity contribution is 0.0985. The summed E-state index contributed by atoms with van der Waals surface area (Å²) in [6.45, 7) is 0. The monoisotopic (exact) mass is 210 g/mol. The lowest BCUT2D eigenvalue weighted by atomic mass is 10.0. The second kappa shape index (κ2) is 4.54. The molecule has 0 radical (unpaired) electrons. The molecule has 3 heteroatoms. The van der Waals surface area contributed by atoms with Crippen LogP contribution < -0.4 is 0 Å². The van der Waals surface area contributed by atoms with Gasteiger partial charge in [0, 0.05) is 30.0 Å². The number of Topliss-reactive ketones (excluding diaryl/α,β-unsaturated/α-hetero) is 1. The van der Waals surface area contributed by atoms with E-state index in [0.717, 1.165) is 5.39 Å². The Bertz CT molecular complexity index is 564. The van der Waals surface area contributed by atoms with Crippen LogP contribution >= 0.6 is 0 Å². The number of nitrogens with zero attached hydrogens (tertiary/aromatic N) is 2. The molecule has 0 fully saturated rings. The molecule has 0 aliphatic rings. The number of aromatic nitrogens is 1. The highest BCUT2D eigenvalue weighted by molar-refractivity contribution is 6.06. The maximum Gasteiger partial charge on any atom is 0.166 e. The van der Waals surface area contributed by atoms with Gasteiger partial charge in [-0.3, -0.25) is 9.78 Å². The zero-order valence-electron chi connectivity index (χ0n) is 8.68. The van der Waals surface area contributed by atoms with Crippen LogP contribution in [0.5, 0.6) is 0 Å². The van der Waals surface area contributed by atoms with Gasteiger partial charge >= 0.3 is 0 Å². The number of fused-ring (bicyclic) bond motifs is 1. The van der Waals surface area contributed by atoms with E-state index < -0.39 is 0 Å². The second-order valence-electron chi connectivity index (χ2n) is 3.46. The zero-order chi connectivity index (χ0) is 11.4. The molecule has 0 saturated carbocycles. The molecular formula is C13H10N2O. The van der Waals surface area contributed by atoms with E-state index in [1.165, 1.54) is 0 Å². The van der Waals surface area contributed by atoms with Crippen LogP contribution in [0.1, 0.15) is 23.2 Å². The van der Waals surface area contributed by atoms with E-state index in [-0.39, 0.29) is 18.6 Å². The van der Waals surface area contributed by atoms with E-state index in [1.807, 2.05) is 30.3 Å². The number of pyridine rings is 1. The molecular weight excluding hydrogens is 200 g/mol. The quantitative estimate of drug-likeness (QED) is 0.732. The van der Waals surface area contributed by atoms with Crippen molar-refractivity contribution in [2.45, 2.75) is 12.8 Å². The third kappa shape index (κ3) is 1.91. The van der Waals surface area contributed by atoms with Gasteiger partial charge < -0.3 is 0 Å². The number of ketones is 1. The second-order valence-corrected chi connectivity index (χ2v) is 3.46. The van der Waals surface area contributed by atoms with Gasteiger partial charge in [-0.1, -0.05) is 18.2 Å². The smallest absolute Gasteiger partial charge is 0.166 e. The van der Waals surface area contributed by atoms with E-state index in [2.05, 4.69) is 4.98 Å². The molecule has 1 heterocycles. The summed E-state index contributed by atoms with van der Waals surface area (Å²) < 4.78 is 0. The van der Waals surface area contributed by atoms with Gasteiger partial charge in [-0.05, 0) is 12.1 Å². The lowest BCUT2D eigenvalue weighted by Crippen LogP contribution is -2.00. The molecule has 0 atom stereocenters. The number of hydrogen-bond donors (Lipinski definition) is 0. The van der Waals surface area contributed by atoms with Crippen LogP contribution in [0.25, 0.3) is 10.9 Å². The molecule has 0 spiro atoms. The maximum atomic E-state index is 11.8. The highest BCUT2D eigenvalue weighted by atomic mass is 16.1. The molecule has 78 valence electrons. The summed E-state index contributed by atoms with van der Waals surface area (Å²) in [5, 5.41) is 9.41. The van der Waals surface area contributed by atoms with Gasteiger partial charge in [-0.25, -0.2) is 0 Å². The number of carbonyl (C=O) groups is 1. The maximum absolute atomic E-state index is 11.8. The van der Waals surface area contributed by atoms with Gasteiger partial charge in [-0.2, -0.15) is 5.26 Å². The van der Waals surface area contributed by atoms with Crippen molar-refractivity contribution in [3.05, 3.63) is 42.1 Å². The normalized spacial score (nSPS) is 9.94. The predicted octanol–water partition coefficient (Wildman–Crippen LogP) is 2.72. The molecule has 1 aromatic carbocycles. The minimum Gasteiger partial charge on any atom is -0.294 e. The standard InChI is InChI=1S/C13H10N2O/c14-8-2-7-12(16)11-6-1-4-10-5-3-9-15-13(10)11/h1,3-6,9H,2,7H2. The van der Waals surface area contributed by atoms with Crippen molar-refractivity contribution in [3.63, 3.8) is 0 Å². The molecule has 0 aliphatic carbocycles.